The Morgan fingerprint density at radius 3 is 2.53 bits per heavy atom. The summed E-state index contributed by atoms with van der Waals surface area (Å²) in [6.07, 6.45) is 3.90. The molecule has 1 fully saturated rings. The number of rotatable bonds is 2. The van der Waals surface area contributed by atoms with Crippen LogP contribution in [0.25, 0.3) is 0 Å². The van der Waals surface area contributed by atoms with E-state index in [1.807, 2.05) is 0 Å². The van der Waals surface area contributed by atoms with Crippen molar-refractivity contribution in [3.8, 4) is 5.75 Å². The number of methoxy groups -OCH3 is 1. The van der Waals surface area contributed by atoms with Crippen LogP contribution >= 0.6 is 0 Å². The lowest BCUT2D eigenvalue weighted by Gasteiger charge is -2.28. The number of piperidine rings is 1. The van der Waals surface area contributed by atoms with Crippen LogP contribution in [0.4, 0.5) is 0 Å². The summed E-state index contributed by atoms with van der Waals surface area (Å²) in [5, 5.41) is 3.64. The quantitative estimate of drug-likeness (QED) is 0.845. The van der Waals surface area contributed by atoms with E-state index < -0.39 is 0 Å². The molecule has 1 N–H and O–H groups in total. The molecule has 1 saturated heterocycles. The highest BCUT2D eigenvalue weighted by molar-refractivity contribution is 5.49. The first-order valence-corrected chi connectivity index (χ1v) is 6.53. The smallest absolute Gasteiger partial charge is 0.122 e. The van der Waals surface area contributed by atoms with Crippen LogP contribution in [-0.4, -0.2) is 13.7 Å². The predicted octanol–water partition coefficient (Wildman–Crippen LogP) is 3.44. The first-order valence-electron chi connectivity index (χ1n) is 6.53. The topological polar surface area (TPSA) is 21.3 Å². The Hall–Kier alpha value is -1.02. The molecule has 1 unspecified atom stereocenters. The molecular weight excluding hydrogens is 210 g/mol. The van der Waals surface area contributed by atoms with Gasteiger partial charge in [0.15, 0.2) is 0 Å². The summed E-state index contributed by atoms with van der Waals surface area (Å²) in [5.41, 5.74) is 5.51. The van der Waals surface area contributed by atoms with E-state index in [1.54, 1.807) is 7.11 Å². The second kappa shape index (κ2) is 5.09. The van der Waals surface area contributed by atoms with Crippen molar-refractivity contribution in [2.45, 2.75) is 46.1 Å². The van der Waals surface area contributed by atoms with Crippen LogP contribution in [0.15, 0.2) is 6.07 Å². The van der Waals surface area contributed by atoms with E-state index in [1.165, 1.54) is 41.5 Å². The van der Waals surface area contributed by atoms with Gasteiger partial charge in [0, 0.05) is 6.04 Å². The number of hydrogen-bond donors (Lipinski definition) is 1. The molecule has 17 heavy (non-hydrogen) atoms. The maximum atomic E-state index is 5.43. The summed E-state index contributed by atoms with van der Waals surface area (Å²) >= 11 is 0. The van der Waals surface area contributed by atoms with Crippen molar-refractivity contribution in [3.05, 3.63) is 28.3 Å². The molecule has 0 radical (unpaired) electrons. The zero-order chi connectivity index (χ0) is 12.4. The Balaban J connectivity index is 2.42. The van der Waals surface area contributed by atoms with Gasteiger partial charge in [0.2, 0.25) is 0 Å². The first-order chi connectivity index (χ1) is 8.15. The number of nitrogens with one attached hydrogen (secondary N) is 1. The zero-order valence-corrected chi connectivity index (χ0v) is 11.4. The minimum absolute atomic E-state index is 0.536. The standard InChI is InChI=1S/C15H23NO/c1-10-9-14(17-4)11(2)12(3)15(10)13-7-5-6-8-16-13/h9,13,16H,5-8H2,1-4H3. The highest BCUT2D eigenvalue weighted by atomic mass is 16.5. The number of hydrogen-bond acceptors (Lipinski definition) is 2. The van der Waals surface area contributed by atoms with Crippen LogP contribution in [0.5, 0.6) is 5.75 Å². The molecule has 0 bridgehead atoms. The molecule has 0 aliphatic carbocycles. The summed E-state index contributed by atoms with van der Waals surface area (Å²) in [7, 11) is 1.75. The van der Waals surface area contributed by atoms with E-state index in [9.17, 15) is 0 Å². The van der Waals surface area contributed by atoms with Crippen molar-refractivity contribution in [1.29, 1.82) is 0 Å². The van der Waals surface area contributed by atoms with Gasteiger partial charge in [0.05, 0.1) is 7.11 Å². The van der Waals surface area contributed by atoms with E-state index in [4.69, 9.17) is 4.74 Å². The largest absolute Gasteiger partial charge is 0.496 e. The summed E-state index contributed by atoms with van der Waals surface area (Å²) in [6.45, 7) is 7.71. The van der Waals surface area contributed by atoms with E-state index in [0.29, 0.717) is 6.04 Å². The summed E-state index contributed by atoms with van der Waals surface area (Å²) < 4.78 is 5.43. The zero-order valence-electron chi connectivity index (χ0n) is 11.4. The lowest BCUT2D eigenvalue weighted by atomic mass is 9.88. The van der Waals surface area contributed by atoms with Gasteiger partial charge in [0.1, 0.15) is 5.75 Å². The van der Waals surface area contributed by atoms with Gasteiger partial charge < -0.3 is 10.1 Å². The third-order valence-corrected chi connectivity index (χ3v) is 3.99. The molecule has 94 valence electrons. The van der Waals surface area contributed by atoms with E-state index in [0.717, 1.165) is 12.3 Å². The van der Waals surface area contributed by atoms with E-state index >= 15 is 0 Å². The van der Waals surface area contributed by atoms with Crippen LogP contribution in [0.1, 0.15) is 47.6 Å². The average Bonchev–Trinajstić information content (AvgIpc) is 2.35. The van der Waals surface area contributed by atoms with E-state index in [2.05, 4.69) is 32.2 Å². The molecule has 0 spiro atoms. The average molecular weight is 233 g/mol. The van der Waals surface area contributed by atoms with Gasteiger partial charge in [-0.1, -0.05) is 6.42 Å². The molecule has 1 aliphatic rings. The minimum atomic E-state index is 0.536. The van der Waals surface area contributed by atoms with Gasteiger partial charge in [0.25, 0.3) is 0 Å². The molecular formula is C15H23NO. The van der Waals surface area contributed by atoms with Gasteiger partial charge in [-0.3, -0.25) is 0 Å². The summed E-state index contributed by atoms with van der Waals surface area (Å²) in [6, 6.07) is 2.71. The maximum Gasteiger partial charge on any atom is 0.122 e. The third kappa shape index (κ3) is 2.32. The van der Waals surface area contributed by atoms with Gasteiger partial charge in [-0.25, -0.2) is 0 Å². The number of aryl methyl sites for hydroxylation is 1. The summed E-state index contributed by atoms with van der Waals surface area (Å²) in [4.78, 5) is 0. The Morgan fingerprint density at radius 1 is 1.18 bits per heavy atom. The normalized spacial score (nSPS) is 20.4. The molecule has 0 saturated carbocycles. The highest BCUT2D eigenvalue weighted by Crippen LogP contribution is 2.34. The van der Waals surface area contributed by atoms with Gasteiger partial charge in [-0.15, -0.1) is 0 Å². The molecule has 2 nitrogen and oxygen atoms in total. The van der Waals surface area contributed by atoms with Gasteiger partial charge >= 0.3 is 0 Å². The Bertz CT molecular complexity index is 406. The monoisotopic (exact) mass is 233 g/mol. The molecule has 0 amide bonds. The molecule has 2 rings (SSSR count). The Kier molecular flexibility index (Phi) is 3.72. The third-order valence-electron chi connectivity index (χ3n) is 3.99. The van der Waals surface area contributed by atoms with E-state index in [-0.39, 0.29) is 0 Å². The van der Waals surface area contributed by atoms with Crippen molar-refractivity contribution in [1.82, 2.24) is 5.32 Å². The van der Waals surface area contributed by atoms with Crippen molar-refractivity contribution >= 4 is 0 Å². The van der Waals surface area contributed by atoms with Crippen LogP contribution < -0.4 is 10.1 Å². The number of benzene rings is 1. The summed E-state index contributed by atoms with van der Waals surface area (Å²) in [5.74, 6) is 1.01. The van der Waals surface area contributed by atoms with Gasteiger partial charge in [-0.05, 0) is 68.5 Å². The van der Waals surface area contributed by atoms with Crippen LogP contribution in [0.2, 0.25) is 0 Å². The van der Waals surface area contributed by atoms with Crippen molar-refractivity contribution < 1.29 is 4.74 Å². The Morgan fingerprint density at radius 2 is 1.94 bits per heavy atom. The lowest BCUT2D eigenvalue weighted by molar-refractivity contribution is 0.401. The highest BCUT2D eigenvalue weighted by Gasteiger charge is 2.20. The number of ether oxygens (including phenoxy) is 1. The predicted molar refractivity (Wildman–Crippen MR) is 71.8 cm³/mol. The fraction of sp³-hybridized carbons (Fsp3) is 0.600. The van der Waals surface area contributed by atoms with Crippen LogP contribution in [-0.2, 0) is 0 Å². The minimum Gasteiger partial charge on any atom is -0.496 e. The SMILES string of the molecule is COc1cc(C)c(C2CCCCN2)c(C)c1C. The van der Waals surface area contributed by atoms with Crippen molar-refractivity contribution in [2.75, 3.05) is 13.7 Å². The fourth-order valence-corrected chi connectivity index (χ4v) is 2.91. The molecule has 1 atom stereocenters. The van der Waals surface area contributed by atoms with Gasteiger partial charge in [-0.2, -0.15) is 0 Å². The molecule has 1 aromatic carbocycles. The maximum absolute atomic E-state index is 5.43. The lowest BCUT2D eigenvalue weighted by Crippen LogP contribution is -2.28. The molecule has 1 heterocycles. The molecule has 1 aromatic rings. The van der Waals surface area contributed by atoms with Crippen LogP contribution in [0.3, 0.4) is 0 Å². The van der Waals surface area contributed by atoms with Crippen LogP contribution in [0, 0.1) is 20.8 Å². The van der Waals surface area contributed by atoms with Crippen molar-refractivity contribution in [3.63, 3.8) is 0 Å². The van der Waals surface area contributed by atoms with Crippen molar-refractivity contribution in [2.24, 2.45) is 0 Å². The first kappa shape index (κ1) is 12.4. The second-order valence-corrected chi connectivity index (χ2v) is 5.06. The molecule has 2 heteroatoms. The second-order valence-electron chi connectivity index (χ2n) is 5.06. The fourth-order valence-electron chi connectivity index (χ4n) is 2.91. The molecule has 0 aromatic heterocycles. The molecule has 1 aliphatic heterocycles. The Labute approximate surface area is 104 Å².